The molecule has 1 aliphatic heterocycles. The Balaban J connectivity index is 0.00000441. The lowest BCUT2D eigenvalue weighted by Crippen LogP contribution is -2.37. The topological polar surface area (TPSA) is 93.5 Å². The lowest BCUT2D eigenvalue weighted by atomic mass is 10.0. The summed E-state index contributed by atoms with van der Waals surface area (Å²) in [5.41, 5.74) is 3.13. The quantitative estimate of drug-likeness (QED) is 0.301. The molecule has 2 aromatic carbocycles. The van der Waals surface area contributed by atoms with E-state index in [0.717, 1.165) is 36.5 Å². The first-order valence-corrected chi connectivity index (χ1v) is 15.6. The number of hydrogen-bond acceptors (Lipinski definition) is 6. The van der Waals surface area contributed by atoms with Crippen molar-refractivity contribution >= 4 is 44.7 Å². The Morgan fingerprint density at radius 2 is 1.68 bits per heavy atom. The number of rotatable bonds is 10. The van der Waals surface area contributed by atoms with Gasteiger partial charge in [0.05, 0.1) is 10.5 Å². The molecule has 0 fully saturated rings. The molecule has 10 heteroatoms. The standard InChI is InChI=1S/C30H36N4O3S2.ClH/c1-21(2)17-34(18-22(3)4)39(36,37)25-12-10-24(11-13-25)29(35)32-30-27(16-31)26-14-15-33(20-28(26)38-30)19-23-8-6-5-7-9-23;/h5-13,21-22H,14-15,17-20H2,1-4H3,(H,32,35);1H. The van der Waals surface area contributed by atoms with Gasteiger partial charge >= 0.3 is 0 Å². The van der Waals surface area contributed by atoms with Crippen molar-refractivity contribution in [2.45, 2.75) is 52.1 Å². The number of nitrogens with one attached hydrogen (secondary N) is 1. The van der Waals surface area contributed by atoms with Gasteiger partial charge in [0, 0.05) is 43.2 Å². The number of nitrogens with zero attached hydrogens (tertiary/aromatic N) is 3. The molecular formula is C30H37ClN4O3S2. The molecule has 40 heavy (non-hydrogen) atoms. The van der Waals surface area contributed by atoms with Crippen molar-refractivity contribution in [2.24, 2.45) is 11.8 Å². The first-order valence-electron chi connectivity index (χ1n) is 13.3. The van der Waals surface area contributed by atoms with Gasteiger partial charge in [-0.05, 0) is 53.6 Å². The normalized spacial score (nSPS) is 13.7. The van der Waals surface area contributed by atoms with Gasteiger partial charge in [0.15, 0.2) is 0 Å². The molecule has 0 radical (unpaired) electrons. The molecule has 0 bridgehead atoms. The zero-order valence-corrected chi connectivity index (χ0v) is 25.8. The summed E-state index contributed by atoms with van der Waals surface area (Å²) >= 11 is 1.45. The van der Waals surface area contributed by atoms with Crippen LogP contribution in [0.15, 0.2) is 59.5 Å². The van der Waals surface area contributed by atoms with Crippen molar-refractivity contribution in [1.29, 1.82) is 5.26 Å². The van der Waals surface area contributed by atoms with Crippen molar-refractivity contribution in [3.63, 3.8) is 0 Å². The molecule has 214 valence electrons. The van der Waals surface area contributed by atoms with Crippen LogP contribution < -0.4 is 5.32 Å². The smallest absolute Gasteiger partial charge is 0.256 e. The predicted molar refractivity (Wildman–Crippen MR) is 163 cm³/mol. The third kappa shape index (κ3) is 7.50. The van der Waals surface area contributed by atoms with Gasteiger partial charge in [-0.2, -0.15) is 9.57 Å². The fraction of sp³-hybridized carbons (Fsp3) is 0.400. The van der Waals surface area contributed by atoms with Crippen LogP contribution in [0.3, 0.4) is 0 Å². The number of anilines is 1. The predicted octanol–water partition coefficient (Wildman–Crippen LogP) is 6.15. The Bertz CT molecular complexity index is 1440. The summed E-state index contributed by atoms with van der Waals surface area (Å²) in [7, 11) is -3.68. The van der Waals surface area contributed by atoms with Crippen LogP contribution in [0.5, 0.6) is 0 Å². The van der Waals surface area contributed by atoms with E-state index in [2.05, 4.69) is 28.4 Å². The molecule has 3 aromatic rings. The van der Waals surface area contributed by atoms with Crippen LogP contribution in [-0.2, 0) is 29.5 Å². The van der Waals surface area contributed by atoms with Gasteiger partial charge in [0.1, 0.15) is 11.1 Å². The number of thiophene rings is 1. The molecular weight excluding hydrogens is 564 g/mol. The van der Waals surface area contributed by atoms with E-state index in [9.17, 15) is 18.5 Å². The fourth-order valence-electron chi connectivity index (χ4n) is 4.83. The second kappa shape index (κ2) is 13.7. The zero-order valence-electron chi connectivity index (χ0n) is 23.4. The minimum Gasteiger partial charge on any atom is -0.312 e. The Labute approximate surface area is 248 Å². The zero-order chi connectivity index (χ0) is 28.2. The molecule has 1 N–H and O–H groups in total. The number of benzene rings is 2. The summed E-state index contributed by atoms with van der Waals surface area (Å²) in [5.74, 6) is 0.0243. The molecule has 1 aliphatic rings. The maximum Gasteiger partial charge on any atom is 0.256 e. The lowest BCUT2D eigenvalue weighted by molar-refractivity contribution is 0.102. The average molecular weight is 601 g/mol. The first kappa shape index (κ1) is 31.8. The highest BCUT2D eigenvalue weighted by Crippen LogP contribution is 2.37. The largest absolute Gasteiger partial charge is 0.312 e. The van der Waals surface area contributed by atoms with Gasteiger partial charge in [-0.15, -0.1) is 23.7 Å². The molecule has 0 saturated heterocycles. The molecule has 1 amide bonds. The summed E-state index contributed by atoms with van der Waals surface area (Å²) in [6.45, 7) is 11.3. The van der Waals surface area contributed by atoms with Crippen LogP contribution in [0.2, 0.25) is 0 Å². The van der Waals surface area contributed by atoms with E-state index in [1.165, 1.54) is 45.5 Å². The van der Waals surface area contributed by atoms with E-state index in [-0.39, 0.29) is 35.0 Å². The molecule has 2 heterocycles. The number of fused-ring (bicyclic) bond motifs is 1. The van der Waals surface area contributed by atoms with Crippen LogP contribution in [0.4, 0.5) is 5.00 Å². The summed E-state index contributed by atoms with van der Waals surface area (Å²) in [5, 5.41) is 13.3. The first-order chi connectivity index (χ1) is 18.6. The van der Waals surface area contributed by atoms with Crippen LogP contribution in [0.1, 0.15) is 59.6 Å². The van der Waals surface area contributed by atoms with E-state index in [1.807, 2.05) is 45.9 Å². The molecule has 0 unspecified atom stereocenters. The number of sulfonamides is 1. The van der Waals surface area contributed by atoms with E-state index in [1.54, 1.807) is 0 Å². The maximum atomic E-state index is 13.3. The summed E-state index contributed by atoms with van der Waals surface area (Å²) in [6.07, 6.45) is 0.757. The number of halogens is 1. The van der Waals surface area contributed by atoms with Gasteiger partial charge in [-0.25, -0.2) is 8.42 Å². The molecule has 4 rings (SSSR count). The number of nitriles is 1. The SMILES string of the molecule is CC(C)CN(CC(C)C)S(=O)(=O)c1ccc(C(=O)Nc2sc3c(c2C#N)CCN(Cc2ccccc2)C3)cc1.Cl. The van der Waals surface area contributed by atoms with Crippen molar-refractivity contribution < 1.29 is 13.2 Å². The lowest BCUT2D eigenvalue weighted by Gasteiger charge is -2.26. The highest BCUT2D eigenvalue weighted by Gasteiger charge is 2.27. The van der Waals surface area contributed by atoms with Gasteiger partial charge in [-0.1, -0.05) is 58.0 Å². The van der Waals surface area contributed by atoms with Gasteiger partial charge in [-0.3, -0.25) is 9.69 Å². The van der Waals surface area contributed by atoms with E-state index in [0.29, 0.717) is 29.2 Å². The van der Waals surface area contributed by atoms with Crippen LogP contribution in [0, 0.1) is 23.2 Å². The molecule has 0 atom stereocenters. The minimum atomic E-state index is -3.68. The molecule has 0 saturated carbocycles. The number of carbonyl (C=O) groups excluding carboxylic acids is 1. The summed E-state index contributed by atoms with van der Waals surface area (Å²) in [6, 6.07) is 18.6. The van der Waals surface area contributed by atoms with Gasteiger partial charge < -0.3 is 5.32 Å². The summed E-state index contributed by atoms with van der Waals surface area (Å²) < 4.78 is 28.1. The van der Waals surface area contributed by atoms with Crippen molar-refractivity contribution in [3.8, 4) is 6.07 Å². The van der Waals surface area contributed by atoms with Crippen LogP contribution >= 0.6 is 23.7 Å². The molecule has 1 aromatic heterocycles. The molecule has 0 aliphatic carbocycles. The van der Waals surface area contributed by atoms with Gasteiger partial charge in [0.2, 0.25) is 10.0 Å². The second-order valence-corrected chi connectivity index (χ2v) is 13.9. The van der Waals surface area contributed by atoms with E-state index < -0.39 is 10.0 Å². The molecule has 7 nitrogen and oxygen atoms in total. The fourth-order valence-corrected chi connectivity index (χ4v) is 7.83. The van der Waals surface area contributed by atoms with Crippen molar-refractivity contribution in [2.75, 3.05) is 25.0 Å². The van der Waals surface area contributed by atoms with Crippen LogP contribution in [-0.4, -0.2) is 43.2 Å². The third-order valence-electron chi connectivity index (χ3n) is 6.62. The highest BCUT2D eigenvalue weighted by molar-refractivity contribution is 7.89. The number of amides is 1. The van der Waals surface area contributed by atoms with Crippen LogP contribution in [0.25, 0.3) is 0 Å². The number of carbonyl (C=O) groups is 1. The molecule has 0 spiro atoms. The highest BCUT2D eigenvalue weighted by atomic mass is 35.5. The Kier molecular flexibility index (Phi) is 10.9. The Morgan fingerprint density at radius 1 is 1.05 bits per heavy atom. The van der Waals surface area contributed by atoms with Gasteiger partial charge in [0.25, 0.3) is 5.91 Å². The van der Waals surface area contributed by atoms with Crippen molar-refractivity contribution in [1.82, 2.24) is 9.21 Å². The Morgan fingerprint density at radius 3 is 2.25 bits per heavy atom. The second-order valence-electron chi connectivity index (χ2n) is 10.9. The van der Waals surface area contributed by atoms with Crippen molar-refractivity contribution in [3.05, 3.63) is 81.7 Å². The summed E-state index contributed by atoms with van der Waals surface area (Å²) in [4.78, 5) is 16.7. The van der Waals surface area contributed by atoms with E-state index in [4.69, 9.17) is 0 Å². The monoisotopic (exact) mass is 600 g/mol. The minimum absolute atomic E-state index is 0. The maximum absolute atomic E-state index is 13.3. The van der Waals surface area contributed by atoms with E-state index >= 15 is 0 Å². The average Bonchev–Trinajstić information content (AvgIpc) is 3.24. The third-order valence-corrected chi connectivity index (χ3v) is 9.59. The number of hydrogen-bond donors (Lipinski definition) is 1. The Hall–Kier alpha value is -2.74.